The van der Waals surface area contributed by atoms with Crippen LogP contribution in [0.1, 0.15) is 11.1 Å². The van der Waals surface area contributed by atoms with Gasteiger partial charge < -0.3 is 10.2 Å². The van der Waals surface area contributed by atoms with E-state index in [0.29, 0.717) is 30.2 Å². The molecule has 180 valence electrons. The van der Waals surface area contributed by atoms with Crippen LogP contribution in [0, 0.1) is 21.8 Å². The number of hydrogen-bond acceptors (Lipinski definition) is 5. The normalized spacial score (nSPS) is 19.5. The first-order valence-electron chi connectivity index (χ1n) is 11.4. The van der Waals surface area contributed by atoms with Crippen LogP contribution in [0.2, 0.25) is 5.02 Å². The van der Waals surface area contributed by atoms with E-state index in [-0.39, 0.29) is 23.5 Å². The molecular formula is C26H24ClFN4O3. The van der Waals surface area contributed by atoms with Gasteiger partial charge in [0, 0.05) is 54.7 Å². The van der Waals surface area contributed by atoms with Gasteiger partial charge >= 0.3 is 0 Å². The highest BCUT2D eigenvalue weighted by atomic mass is 35.5. The molecule has 1 fully saturated rings. The molecule has 3 aromatic carbocycles. The van der Waals surface area contributed by atoms with E-state index >= 15 is 0 Å². The topological polar surface area (TPSA) is 78.7 Å². The number of nitrogens with zero attached hydrogens (tertiary/aromatic N) is 3. The molecule has 0 radical (unpaired) electrons. The van der Waals surface area contributed by atoms with Gasteiger partial charge in [0.2, 0.25) is 5.91 Å². The summed E-state index contributed by atoms with van der Waals surface area (Å²) in [5.74, 6) is -0.988. The van der Waals surface area contributed by atoms with Gasteiger partial charge in [-0.25, -0.2) is 4.39 Å². The first-order chi connectivity index (χ1) is 16.9. The number of amides is 1. The molecule has 0 spiro atoms. The lowest BCUT2D eigenvalue weighted by atomic mass is 9.83. The van der Waals surface area contributed by atoms with Gasteiger partial charge in [0.05, 0.1) is 16.9 Å². The zero-order valence-electron chi connectivity index (χ0n) is 18.9. The van der Waals surface area contributed by atoms with E-state index in [1.54, 1.807) is 12.1 Å². The number of piperazine rings is 1. The lowest BCUT2D eigenvalue weighted by Crippen LogP contribution is -2.60. The summed E-state index contributed by atoms with van der Waals surface area (Å²) >= 11 is 6.03. The number of nitro groups is 1. The van der Waals surface area contributed by atoms with Crippen LogP contribution >= 0.6 is 11.6 Å². The fraction of sp³-hybridized carbons (Fsp3) is 0.269. The monoisotopic (exact) mass is 494 g/mol. The van der Waals surface area contributed by atoms with Gasteiger partial charge in [0.25, 0.3) is 5.69 Å². The van der Waals surface area contributed by atoms with Gasteiger partial charge in [0.15, 0.2) is 0 Å². The SMILES string of the molecule is O=C(Nc1ccc(F)cc1)[C@@H]1Cc2cc([N+](=O)[O-])ccc2N2CCN(Cc3ccc(Cl)cc3)C[C@@H]12. The molecule has 0 saturated carbocycles. The standard InChI is InChI=1S/C26H24ClFN4O3/c27-19-3-1-17(2-4-19)15-30-11-12-31-24-10-9-22(32(34)35)13-18(24)14-23(25(31)16-30)26(33)29-21-7-5-20(28)6-8-21/h1-10,13,23,25H,11-12,14-16H2,(H,29,33)/t23-,25+/m1/s1. The number of nitro benzene ring substituents is 1. The smallest absolute Gasteiger partial charge is 0.269 e. The number of anilines is 2. The highest BCUT2D eigenvalue weighted by molar-refractivity contribution is 6.30. The minimum absolute atomic E-state index is 0.0151. The summed E-state index contributed by atoms with van der Waals surface area (Å²) in [5.41, 5.74) is 3.41. The summed E-state index contributed by atoms with van der Waals surface area (Å²) in [6, 6.07) is 18.2. The van der Waals surface area contributed by atoms with Gasteiger partial charge in [-0.1, -0.05) is 23.7 Å². The van der Waals surface area contributed by atoms with Gasteiger partial charge in [-0.2, -0.15) is 0 Å². The number of hydrogen-bond donors (Lipinski definition) is 1. The van der Waals surface area contributed by atoms with E-state index in [1.807, 2.05) is 24.3 Å². The Kier molecular flexibility index (Phi) is 6.40. The molecule has 0 aliphatic carbocycles. The predicted octanol–water partition coefficient (Wildman–Crippen LogP) is 4.89. The fourth-order valence-electron chi connectivity index (χ4n) is 5.04. The van der Waals surface area contributed by atoms with Crippen LogP contribution in [-0.4, -0.2) is 41.4 Å². The fourth-order valence-corrected chi connectivity index (χ4v) is 5.17. The number of non-ortho nitro benzene ring substituents is 1. The Balaban J connectivity index is 1.42. The Hall–Kier alpha value is -3.49. The number of fused-ring (bicyclic) bond motifs is 3. The minimum atomic E-state index is -0.428. The minimum Gasteiger partial charge on any atom is -0.365 e. The van der Waals surface area contributed by atoms with E-state index in [4.69, 9.17) is 11.6 Å². The Morgan fingerprint density at radius 3 is 2.54 bits per heavy atom. The van der Waals surface area contributed by atoms with E-state index in [2.05, 4.69) is 15.1 Å². The quantitative estimate of drug-likeness (QED) is 0.403. The van der Waals surface area contributed by atoms with Crippen molar-refractivity contribution < 1.29 is 14.1 Å². The molecule has 2 aliphatic heterocycles. The number of halogens is 2. The van der Waals surface area contributed by atoms with Crippen LogP contribution in [0.5, 0.6) is 0 Å². The van der Waals surface area contributed by atoms with Crippen LogP contribution in [0.4, 0.5) is 21.5 Å². The van der Waals surface area contributed by atoms with Crippen molar-refractivity contribution in [3.63, 3.8) is 0 Å². The van der Waals surface area contributed by atoms with Crippen molar-refractivity contribution in [3.8, 4) is 0 Å². The average Bonchev–Trinajstić information content (AvgIpc) is 2.85. The third-order valence-electron chi connectivity index (χ3n) is 6.76. The van der Waals surface area contributed by atoms with Crippen molar-refractivity contribution in [2.45, 2.75) is 19.0 Å². The Morgan fingerprint density at radius 1 is 1.09 bits per heavy atom. The second-order valence-corrected chi connectivity index (χ2v) is 9.44. The number of nitrogens with one attached hydrogen (secondary N) is 1. The molecule has 5 rings (SSSR count). The number of rotatable bonds is 5. The largest absolute Gasteiger partial charge is 0.365 e. The zero-order valence-corrected chi connectivity index (χ0v) is 19.6. The van der Waals surface area contributed by atoms with Crippen molar-refractivity contribution in [2.24, 2.45) is 5.92 Å². The molecule has 1 amide bonds. The van der Waals surface area contributed by atoms with Crippen molar-refractivity contribution in [1.29, 1.82) is 0 Å². The van der Waals surface area contributed by atoms with Crippen molar-refractivity contribution >= 4 is 34.6 Å². The maximum absolute atomic E-state index is 13.4. The first-order valence-corrected chi connectivity index (χ1v) is 11.8. The average molecular weight is 495 g/mol. The van der Waals surface area contributed by atoms with Crippen molar-refractivity contribution in [3.05, 3.63) is 98.8 Å². The lowest BCUT2D eigenvalue weighted by Gasteiger charge is -2.49. The predicted molar refractivity (Wildman–Crippen MR) is 133 cm³/mol. The molecule has 2 atom stereocenters. The zero-order chi connectivity index (χ0) is 24.5. The molecule has 2 aliphatic rings. The van der Waals surface area contributed by atoms with E-state index in [1.165, 1.54) is 30.3 Å². The maximum Gasteiger partial charge on any atom is 0.269 e. The van der Waals surface area contributed by atoms with Crippen LogP contribution in [0.3, 0.4) is 0 Å². The third-order valence-corrected chi connectivity index (χ3v) is 7.01. The number of carbonyl (C=O) groups excluding carboxylic acids is 1. The summed E-state index contributed by atoms with van der Waals surface area (Å²) in [4.78, 5) is 28.9. The molecule has 1 N–H and O–H groups in total. The van der Waals surface area contributed by atoms with Gasteiger partial charge in [0.1, 0.15) is 5.82 Å². The molecule has 0 unspecified atom stereocenters. The highest BCUT2D eigenvalue weighted by Gasteiger charge is 2.42. The highest BCUT2D eigenvalue weighted by Crippen LogP contribution is 2.38. The lowest BCUT2D eigenvalue weighted by molar-refractivity contribution is -0.384. The van der Waals surface area contributed by atoms with Gasteiger partial charge in [-0.15, -0.1) is 0 Å². The van der Waals surface area contributed by atoms with E-state index in [9.17, 15) is 19.3 Å². The summed E-state index contributed by atoms with van der Waals surface area (Å²) in [6.45, 7) is 2.90. The molecule has 1 saturated heterocycles. The van der Waals surface area contributed by atoms with E-state index < -0.39 is 10.8 Å². The number of benzene rings is 3. The van der Waals surface area contributed by atoms with E-state index in [0.717, 1.165) is 29.9 Å². The van der Waals surface area contributed by atoms with Crippen molar-refractivity contribution in [1.82, 2.24) is 4.90 Å². The summed E-state index contributed by atoms with van der Waals surface area (Å²) in [6.07, 6.45) is 0.389. The van der Waals surface area contributed by atoms with Crippen LogP contribution < -0.4 is 10.2 Å². The molecule has 3 aromatic rings. The van der Waals surface area contributed by atoms with Crippen LogP contribution in [0.15, 0.2) is 66.7 Å². The second kappa shape index (κ2) is 9.64. The Morgan fingerprint density at radius 2 is 1.83 bits per heavy atom. The summed E-state index contributed by atoms with van der Waals surface area (Å²) in [7, 11) is 0. The van der Waals surface area contributed by atoms with Crippen molar-refractivity contribution in [2.75, 3.05) is 29.9 Å². The molecule has 7 nitrogen and oxygen atoms in total. The summed E-state index contributed by atoms with van der Waals surface area (Å²) in [5, 5.41) is 15.0. The molecular weight excluding hydrogens is 471 g/mol. The molecule has 0 aromatic heterocycles. The second-order valence-electron chi connectivity index (χ2n) is 9.00. The Bertz CT molecular complexity index is 1250. The molecule has 9 heteroatoms. The van der Waals surface area contributed by atoms with Gasteiger partial charge in [-0.05, 0) is 60.0 Å². The van der Waals surface area contributed by atoms with Gasteiger partial charge in [-0.3, -0.25) is 19.8 Å². The first kappa shape index (κ1) is 23.3. The van der Waals surface area contributed by atoms with Crippen LogP contribution in [0.25, 0.3) is 0 Å². The molecule has 0 bridgehead atoms. The maximum atomic E-state index is 13.4. The number of carbonyl (C=O) groups is 1. The molecule has 2 heterocycles. The third kappa shape index (κ3) is 4.99. The van der Waals surface area contributed by atoms with Crippen LogP contribution in [-0.2, 0) is 17.8 Å². The summed E-state index contributed by atoms with van der Waals surface area (Å²) < 4.78 is 13.3. The molecule has 35 heavy (non-hydrogen) atoms. The Labute approximate surface area is 207 Å².